The molecule has 3 rings (SSSR count). The van der Waals surface area contributed by atoms with Crippen molar-refractivity contribution >= 4 is 29.2 Å². The third-order valence-corrected chi connectivity index (χ3v) is 5.08. The number of hydrogen-bond acceptors (Lipinski definition) is 4. The van der Waals surface area contributed by atoms with Crippen LogP contribution in [0.25, 0.3) is 0 Å². The summed E-state index contributed by atoms with van der Waals surface area (Å²) in [5.41, 5.74) is 4.54. The molecule has 2 amide bonds. The van der Waals surface area contributed by atoms with Gasteiger partial charge in [-0.2, -0.15) is 0 Å². The number of rotatable bonds is 7. The van der Waals surface area contributed by atoms with Crippen molar-refractivity contribution in [2.75, 3.05) is 23.9 Å². The Bertz CT molecular complexity index is 906. The van der Waals surface area contributed by atoms with Crippen LogP contribution >= 0.6 is 0 Å². The first kappa shape index (κ1) is 20.6. The molecule has 1 aliphatic carbocycles. The number of anilines is 2. The molecular formula is C23H26N2O4. The molecule has 0 saturated carbocycles. The number of hydrogen-bond donors (Lipinski definition) is 1. The summed E-state index contributed by atoms with van der Waals surface area (Å²) in [6.45, 7) is 2.06. The molecule has 0 saturated heterocycles. The molecule has 2 aromatic carbocycles. The summed E-state index contributed by atoms with van der Waals surface area (Å²) in [6.07, 6.45) is 3.12. The summed E-state index contributed by atoms with van der Waals surface area (Å²) >= 11 is 0. The van der Waals surface area contributed by atoms with Crippen LogP contribution in [0.3, 0.4) is 0 Å². The van der Waals surface area contributed by atoms with Crippen LogP contribution in [-0.4, -0.2) is 31.4 Å². The molecule has 0 heterocycles. The van der Waals surface area contributed by atoms with Gasteiger partial charge in [0.05, 0.1) is 6.61 Å². The predicted octanol–water partition coefficient (Wildman–Crippen LogP) is 4.37. The fourth-order valence-electron chi connectivity index (χ4n) is 3.43. The summed E-state index contributed by atoms with van der Waals surface area (Å²) in [4.78, 5) is 37.7. The lowest BCUT2D eigenvalue weighted by molar-refractivity contribution is -0.116. The van der Waals surface area contributed by atoms with E-state index in [1.54, 1.807) is 38.2 Å². The second-order valence-electron chi connectivity index (χ2n) is 7.11. The Balaban J connectivity index is 1.50. The largest absolute Gasteiger partial charge is 0.449 e. The van der Waals surface area contributed by atoms with E-state index in [2.05, 4.69) is 5.32 Å². The first-order valence-corrected chi connectivity index (χ1v) is 9.93. The minimum atomic E-state index is -0.436. The molecule has 0 fully saturated rings. The van der Waals surface area contributed by atoms with Crippen LogP contribution in [0, 0.1) is 0 Å². The molecule has 1 N–H and O–H groups in total. The highest BCUT2D eigenvalue weighted by Crippen LogP contribution is 2.23. The topological polar surface area (TPSA) is 75.7 Å². The molecule has 2 aromatic rings. The van der Waals surface area contributed by atoms with Crippen LogP contribution in [0.1, 0.15) is 47.7 Å². The average molecular weight is 394 g/mol. The molecule has 6 nitrogen and oxygen atoms in total. The Morgan fingerprint density at radius 2 is 1.72 bits per heavy atom. The SMILES string of the molecule is CCOC(=O)N(C)c1ccc(NC(=O)CCC(=O)c2ccc3c(c2)CCC3)cc1. The summed E-state index contributed by atoms with van der Waals surface area (Å²) in [5.74, 6) is -0.229. The van der Waals surface area contributed by atoms with Crippen molar-refractivity contribution in [1.29, 1.82) is 0 Å². The Morgan fingerprint density at radius 1 is 1.00 bits per heavy atom. The van der Waals surface area contributed by atoms with Gasteiger partial charge in [-0.3, -0.25) is 14.5 Å². The number of nitrogens with one attached hydrogen (secondary N) is 1. The molecule has 6 heteroatoms. The van der Waals surface area contributed by atoms with Gasteiger partial charge in [0.15, 0.2) is 5.78 Å². The first-order valence-electron chi connectivity index (χ1n) is 9.93. The molecule has 152 valence electrons. The van der Waals surface area contributed by atoms with Crippen LogP contribution in [0.5, 0.6) is 0 Å². The van der Waals surface area contributed by atoms with Gasteiger partial charge in [-0.05, 0) is 67.6 Å². The molecule has 1 aliphatic rings. The molecular weight excluding hydrogens is 368 g/mol. The number of carbonyl (C=O) groups excluding carboxylic acids is 3. The third-order valence-electron chi connectivity index (χ3n) is 5.08. The predicted molar refractivity (Wildman–Crippen MR) is 113 cm³/mol. The van der Waals surface area contributed by atoms with Crippen molar-refractivity contribution in [3.8, 4) is 0 Å². The quantitative estimate of drug-likeness (QED) is 0.708. The highest BCUT2D eigenvalue weighted by Gasteiger charge is 2.15. The van der Waals surface area contributed by atoms with Gasteiger partial charge in [-0.1, -0.05) is 12.1 Å². The number of ketones is 1. The molecule has 0 bridgehead atoms. The lowest BCUT2D eigenvalue weighted by atomic mass is 10.0. The number of Topliss-reactive ketones (excluding diaryl/α,β-unsaturated/α-hetero) is 1. The van der Waals surface area contributed by atoms with Gasteiger partial charge in [0, 0.05) is 36.8 Å². The van der Waals surface area contributed by atoms with Gasteiger partial charge in [-0.25, -0.2) is 4.79 Å². The highest BCUT2D eigenvalue weighted by molar-refractivity contribution is 6.00. The van der Waals surface area contributed by atoms with Crippen LogP contribution in [-0.2, 0) is 22.4 Å². The number of amides is 2. The zero-order valence-corrected chi connectivity index (χ0v) is 16.9. The summed E-state index contributed by atoms with van der Waals surface area (Å²) in [7, 11) is 1.62. The van der Waals surface area contributed by atoms with E-state index in [1.165, 1.54) is 16.0 Å². The van der Waals surface area contributed by atoms with E-state index in [1.807, 2.05) is 18.2 Å². The zero-order valence-electron chi connectivity index (χ0n) is 16.9. The number of nitrogens with zero attached hydrogens (tertiary/aromatic N) is 1. The van der Waals surface area contributed by atoms with E-state index in [-0.39, 0.29) is 24.5 Å². The summed E-state index contributed by atoms with van der Waals surface area (Å²) in [6, 6.07) is 12.7. The Kier molecular flexibility index (Phi) is 6.65. The third kappa shape index (κ3) is 5.22. The van der Waals surface area contributed by atoms with Gasteiger partial charge in [0.25, 0.3) is 0 Å². The van der Waals surface area contributed by atoms with Gasteiger partial charge in [0.1, 0.15) is 0 Å². The van der Waals surface area contributed by atoms with Crippen molar-refractivity contribution < 1.29 is 19.1 Å². The van der Waals surface area contributed by atoms with Gasteiger partial charge < -0.3 is 10.1 Å². The fraction of sp³-hybridized carbons (Fsp3) is 0.348. The van der Waals surface area contributed by atoms with E-state index >= 15 is 0 Å². The lowest BCUT2D eigenvalue weighted by Gasteiger charge is -2.16. The van der Waals surface area contributed by atoms with Gasteiger partial charge in [0.2, 0.25) is 5.91 Å². The van der Waals surface area contributed by atoms with Crippen molar-refractivity contribution in [1.82, 2.24) is 0 Å². The van der Waals surface area contributed by atoms with E-state index in [9.17, 15) is 14.4 Å². The maximum absolute atomic E-state index is 12.4. The van der Waals surface area contributed by atoms with Crippen LogP contribution in [0.2, 0.25) is 0 Å². The van der Waals surface area contributed by atoms with E-state index < -0.39 is 6.09 Å². The van der Waals surface area contributed by atoms with Crippen LogP contribution in [0.15, 0.2) is 42.5 Å². The minimum Gasteiger partial charge on any atom is -0.449 e. The van der Waals surface area contributed by atoms with Crippen molar-refractivity contribution in [3.63, 3.8) is 0 Å². The second-order valence-corrected chi connectivity index (χ2v) is 7.11. The Morgan fingerprint density at radius 3 is 2.45 bits per heavy atom. The van der Waals surface area contributed by atoms with Crippen molar-refractivity contribution in [3.05, 3.63) is 59.2 Å². The monoisotopic (exact) mass is 394 g/mol. The Hall–Kier alpha value is -3.15. The van der Waals surface area contributed by atoms with Crippen molar-refractivity contribution in [2.24, 2.45) is 0 Å². The molecule has 0 aromatic heterocycles. The number of benzene rings is 2. The summed E-state index contributed by atoms with van der Waals surface area (Å²) < 4.78 is 4.95. The number of carbonyl (C=O) groups is 3. The minimum absolute atomic E-state index is 0.0127. The highest BCUT2D eigenvalue weighted by atomic mass is 16.6. The fourth-order valence-corrected chi connectivity index (χ4v) is 3.43. The molecule has 0 atom stereocenters. The maximum atomic E-state index is 12.4. The van der Waals surface area contributed by atoms with Gasteiger partial charge >= 0.3 is 6.09 Å². The second kappa shape index (κ2) is 9.37. The van der Waals surface area contributed by atoms with E-state index in [0.29, 0.717) is 23.5 Å². The van der Waals surface area contributed by atoms with Gasteiger partial charge in [-0.15, -0.1) is 0 Å². The van der Waals surface area contributed by atoms with Crippen LogP contribution < -0.4 is 10.2 Å². The normalized spacial score (nSPS) is 12.2. The maximum Gasteiger partial charge on any atom is 0.413 e. The average Bonchev–Trinajstić information content (AvgIpc) is 3.20. The molecule has 0 unspecified atom stereocenters. The number of aryl methyl sites for hydroxylation is 2. The standard InChI is InChI=1S/C23H26N2O4/c1-3-29-23(28)25(2)20-11-9-19(10-12-20)24-22(27)14-13-21(26)18-8-7-16-5-4-6-17(16)15-18/h7-12,15H,3-6,13-14H2,1-2H3,(H,24,27). The smallest absolute Gasteiger partial charge is 0.413 e. The molecule has 29 heavy (non-hydrogen) atoms. The van der Waals surface area contributed by atoms with E-state index in [0.717, 1.165) is 19.3 Å². The van der Waals surface area contributed by atoms with E-state index in [4.69, 9.17) is 4.74 Å². The first-order chi connectivity index (χ1) is 14.0. The molecule has 0 radical (unpaired) electrons. The van der Waals surface area contributed by atoms with Crippen molar-refractivity contribution in [2.45, 2.75) is 39.0 Å². The number of ether oxygens (including phenoxy) is 1. The lowest BCUT2D eigenvalue weighted by Crippen LogP contribution is -2.26. The number of fused-ring (bicyclic) bond motifs is 1. The van der Waals surface area contributed by atoms with Crippen LogP contribution in [0.4, 0.5) is 16.2 Å². The summed E-state index contributed by atoms with van der Waals surface area (Å²) in [5, 5.41) is 2.79. The molecule has 0 spiro atoms. The zero-order chi connectivity index (χ0) is 20.8. The molecule has 0 aliphatic heterocycles. The Labute approximate surface area is 170 Å².